The van der Waals surface area contributed by atoms with E-state index in [0.717, 1.165) is 18.7 Å². The van der Waals surface area contributed by atoms with Crippen LogP contribution in [0.15, 0.2) is 30.3 Å². The van der Waals surface area contributed by atoms with Crippen molar-refractivity contribution in [3.05, 3.63) is 35.9 Å². The van der Waals surface area contributed by atoms with Gasteiger partial charge < -0.3 is 15.0 Å². The monoisotopic (exact) mass is 289 g/mol. The van der Waals surface area contributed by atoms with E-state index in [4.69, 9.17) is 10.00 Å². The van der Waals surface area contributed by atoms with Crippen LogP contribution in [-0.2, 0) is 16.0 Å². The van der Waals surface area contributed by atoms with Crippen LogP contribution in [0.5, 0.6) is 0 Å². The minimum Gasteiger partial charge on any atom is -0.383 e. The Hall–Kier alpha value is -1.90. The first-order chi connectivity index (χ1) is 10.2. The molecule has 21 heavy (non-hydrogen) atoms. The summed E-state index contributed by atoms with van der Waals surface area (Å²) in [5.74, 6) is -0.849. The predicted molar refractivity (Wildman–Crippen MR) is 81.6 cm³/mol. The van der Waals surface area contributed by atoms with E-state index in [1.54, 1.807) is 7.11 Å². The zero-order chi connectivity index (χ0) is 15.5. The first-order valence-corrected chi connectivity index (χ1v) is 7.06. The van der Waals surface area contributed by atoms with Crippen molar-refractivity contribution in [2.24, 2.45) is 5.92 Å². The lowest BCUT2D eigenvalue weighted by Crippen LogP contribution is -2.37. The van der Waals surface area contributed by atoms with Crippen LogP contribution in [0.3, 0.4) is 0 Å². The maximum Gasteiger partial charge on any atom is 0.237 e. The smallest absolute Gasteiger partial charge is 0.237 e. The second kappa shape index (κ2) is 9.92. The molecular formula is C16H23N3O2. The molecule has 5 nitrogen and oxygen atoms in total. The molecule has 1 unspecified atom stereocenters. The Morgan fingerprint density at radius 2 is 2.10 bits per heavy atom. The predicted octanol–water partition coefficient (Wildman–Crippen LogP) is 1.06. The highest BCUT2D eigenvalue weighted by molar-refractivity contribution is 5.81. The molecule has 0 heterocycles. The number of rotatable bonds is 9. The summed E-state index contributed by atoms with van der Waals surface area (Å²) in [6, 6.07) is 11.7. The molecule has 0 saturated carbocycles. The van der Waals surface area contributed by atoms with Crippen molar-refractivity contribution in [1.29, 1.82) is 5.26 Å². The van der Waals surface area contributed by atoms with E-state index in [1.807, 2.05) is 37.4 Å². The summed E-state index contributed by atoms with van der Waals surface area (Å²) in [5, 5.41) is 12.0. The molecule has 5 heteroatoms. The number of likely N-dealkylation sites (N-methyl/N-ethyl adjacent to an activating group) is 1. The Morgan fingerprint density at radius 3 is 2.71 bits per heavy atom. The van der Waals surface area contributed by atoms with Crippen molar-refractivity contribution in [3.63, 3.8) is 0 Å². The van der Waals surface area contributed by atoms with E-state index in [1.165, 1.54) is 0 Å². The highest BCUT2D eigenvalue weighted by Crippen LogP contribution is 2.08. The van der Waals surface area contributed by atoms with Gasteiger partial charge in [-0.1, -0.05) is 30.3 Å². The number of hydrogen-bond donors (Lipinski definition) is 1. The molecule has 1 aromatic carbocycles. The molecule has 1 amide bonds. The third kappa shape index (κ3) is 6.89. The van der Waals surface area contributed by atoms with Crippen LogP contribution in [0.4, 0.5) is 0 Å². The molecule has 0 radical (unpaired) electrons. The van der Waals surface area contributed by atoms with Crippen molar-refractivity contribution < 1.29 is 9.53 Å². The lowest BCUT2D eigenvalue weighted by atomic mass is 10.00. The molecule has 0 aliphatic heterocycles. The van der Waals surface area contributed by atoms with E-state index in [0.29, 0.717) is 19.6 Å². The molecule has 1 aromatic rings. The highest BCUT2D eigenvalue weighted by atomic mass is 16.5. The van der Waals surface area contributed by atoms with Crippen molar-refractivity contribution in [2.45, 2.75) is 6.42 Å². The Labute approximate surface area is 126 Å². The molecule has 0 fully saturated rings. The van der Waals surface area contributed by atoms with Gasteiger partial charge in [0.15, 0.2) is 0 Å². The second-order valence-electron chi connectivity index (χ2n) is 4.96. The number of nitriles is 1. The summed E-state index contributed by atoms with van der Waals surface area (Å²) in [4.78, 5) is 14.1. The van der Waals surface area contributed by atoms with Crippen LogP contribution >= 0.6 is 0 Å². The Balaban J connectivity index is 2.34. The van der Waals surface area contributed by atoms with Crippen LogP contribution in [0.2, 0.25) is 0 Å². The minimum atomic E-state index is -0.642. The van der Waals surface area contributed by atoms with E-state index in [9.17, 15) is 4.79 Å². The van der Waals surface area contributed by atoms with Crippen LogP contribution in [-0.4, -0.2) is 51.2 Å². The van der Waals surface area contributed by atoms with Crippen LogP contribution < -0.4 is 5.32 Å². The number of nitrogens with one attached hydrogen (secondary N) is 1. The van der Waals surface area contributed by atoms with E-state index in [-0.39, 0.29) is 5.91 Å². The molecule has 0 bridgehead atoms. The molecule has 1 rings (SSSR count). The first-order valence-electron chi connectivity index (χ1n) is 7.06. The van der Waals surface area contributed by atoms with Gasteiger partial charge in [-0.2, -0.15) is 5.26 Å². The third-order valence-corrected chi connectivity index (χ3v) is 3.22. The maximum atomic E-state index is 12.0. The van der Waals surface area contributed by atoms with Gasteiger partial charge in [-0.25, -0.2) is 0 Å². The molecule has 0 aliphatic carbocycles. The zero-order valence-electron chi connectivity index (χ0n) is 12.7. The SMILES string of the molecule is COCCN(C)CCNC(=O)C(C#N)Cc1ccccc1. The summed E-state index contributed by atoms with van der Waals surface area (Å²) in [6.45, 7) is 2.75. The standard InChI is InChI=1S/C16H23N3O2/c1-19(10-11-21-2)9-8-18-16(20)15(13-17)12-14-6-4-3-5-7-14/h3-7,15H,8-12H2,1-2H3,(H,18,20). The van der Waals surface area contributed by atoms with E-state index in [2.05, 4.69) is 16.3 Å². The van der Waals surface area contributed by atoms with Gasteiger partial charge in [-0.05, 0) is 19.0 Å². The molecule has 0 aromatic heterocycles. The molecule has 0 aliphatic rings. The Bertz CT molecular complexity index is 456. The fraction of sp³-hybridized carbons (Fsp3) is 0.500. The third-order valence-electron chi connectivity index (χ3n) is 3.22. The zero-order valence-corrected chi connectivity index (χ0v) is 12.7. The normalized spacial score (nSPS) is 11.9. The lowest BCUT2D eigenvalue weighted by molar-refractivity contribution is -0.123. The summed E-state index contributed by atoms with van der Waals surface area (Å²) in [5.41, 5.74) is 0.997. The number of carbonyl (C=O) groups excluding carboxylic acids is 1. The molecular weight excluding hydrogens is 266 g/mol. The van der Waals surface area contributed by atoms with Gasteiger partial charge in [-0.3, -0.25) is 4.79 Å². The number of nitrogens with zero attached hydrogens (tertiary/aromatic N) is 2. The van der Waals surface area contributed by atoms with Gasteiger partial charge in [0, 0.05) is 26.7 Å². The van der Waals surface area contributed by atoms with Gasteiger partial charge in [0.05, 0.1) is 12.7 Å². The summed E-state index contributed by atoms with van der Waals surface area (Å²) in [7, 11) is 3.63. The molecule has 114 valence electrons. The number of ether oxygens (including phenoxy) is 1. The molecule has 0 spiro atoms. The second-order valence-corrected chi connectivity index (χ2v) is 4.96. The van der Waals surface area contributed by atoms with E-state index < -0.39 is 5.92 Å². The van der Waals surface area contributed by atoms with Gasteiger partial charge in [-0.15, -0.1) is 0 Å². The lowest BCUT2D eigenvalue weighted by Gasteiger charge is -2.17. The van der Waals surface area contributed by atoms with Crippen molar-refractivity contribution in [3.8, 4) is 6.07 Å². The van der Waals surface area contributed by atoms with E-state index >= 15 is 0 Å². The van der Waals surface area contributed by atoms with Gasteiger partial charge >= 0.3 is 0 Å². The maximum absolute atomic E-state index is 12.0. The number of hydrogen-bond acceptors (Lipinski definition) is 4. The Kier molecular flexibility index (Phi) is 8.10. The number of carbonyl (C=O) groups is 1. The van der Waals surface area contributed by atoms with Gasteiger partial charge in [0.1, 0.15) is 5.92 Å². The summed E-state index contributed by atoms with van der Waals surface area (Å²) >= 11 is 0. The van der Waals surface area contributed by atoms with Gasteiger partial charge in [0.25, 0.3) is 0 Å². The number of benzene rings is 1. The molecule has 1 N–H and O–H groups in total. The van der Waals surface area contributed by atoms with Crippen molar-refractivity contribution in [1.82, 2.24) is 10.2 Å². The highest BCUT2D eigenvalue weighted by Gasteiger charge is 2.17. The average Bonchev–Trinajstić information content (AvgIpc) is 2.51. The fourth-order valence-corrected chi connectivity index (χ4v) is 1.90. The number of methoxy groups -OCH3 is 1. The molecule has 0 saturated heterocycles. The van der Waals surface area contributed by atoms with Crippen molar-refractivity contribution in [2.75, 3.05) is 40.4 Å². The first kappa shape index (κ1) is 17.2. The van der Waals surface area contributed by atoms with Crippen LogP contribution in [0.1, 0.15) is 5.56 Å². The molecule has 1 atom stereocenters. The topological polar surface area (TPSA) is 65.4 Å². The van der Waals surface area contributed by atoms with Crippen LogP contribution in [0.25, 0.3) is 0 Å². The number of amides is 1. The quantitative estimate of drug-likeness (QED) is 0.738. The average molecular weight is 289 g/mol. The van der Waals surface area contributed by atoms with Gasteiger partial charge in [0.2, 0.25) is 5.91 Å². The Morgan fingerprint density at radius 1 is 1.38 bits per heavy atom. The minimum absolute atomic E-state index is 0.207. The van der Waals surface area contributed by atoms with Crippen LogP contribution in [0, 0.1) is 17.2 Å². The fourth-order valence-electron chi connectivity index (χ4n) is 1.90. The van der Waals surface area contributed by atoms with Crippen molar-refractivity contribution >= 4 is 5.91 Å². The largest absolute Gasteiger partial charge is 0.383 e. The summed E-state index contributed by atoms with van der Waals surface area (Å²) in [6.07, 6.45) is 0.447. The summed E-state index contributed by atoms with van der Waals surface area (Å²) < 4.78 is 4.99.